The fourth-order valence-corrected chi connectivity index (χ4v) is 1.41. The first-order valence-corrected chi connectivity index (χ1v) is 5.14. The van der Waals surface area contributed by atoms with Gasteiger partial charge in [0, 0.05) is 26.4 Å². The second-order valence-corrected chi connectivity index (χ2v) is 4.20. The van der Waals surface area contributed by atoms with Crippen molar-refractivity contribution in [1.29, 1.82) is 0 Å². The first-order chi connectivity index (χ1) is 4.70. The zero-order chi connectivity index (χ0) is 7.56. The number of halogens is 1. The molecule has 0 amide bonds. The molecule has 0 saturated heterocycles. The van der Waals surface area contributed by atoms with Crippen LogP contribution < -0.4 is 0 Å². The molecule has 0 fully saturated rings. The Balaban J connectivity index is 3.00. The van der Waals surface area contributed by atoms with Crippen molar-refractivity contribution >= 4 is 26.7 Å². The Morgan fingerprint density at radius 2 is 1.80 bits per heavy atom. The van der Waals surface area contributed by atoms with Gasteiger partial charge < -0.3 is 0 Å². The third-order valence-corrected chi connectivity index (χ3v) is 2.61. The van der Waals surface area contributed by atoms with E-state index >= 15 is 0 Å². The Morgan fingerprint density at radius 3 is 2.20 bits per heavy atom. The normalized spacial score (nSPS) is 13.0. The number of benzene rings is 1. The summed E-state index contributed by atoms with van der Waals surface area (Å²) < 4.78 is 11.9. The largest absolute Gasteiger partial charge is 0.255 e. The average molecular weight is 219 g/mol. The van der Waals surface area contributed by atoms with Gasteiger partial charge in [0.05, 0.1) is 0 Å². The fourth-order valence-electron chi connectivity index (χ4n) is 0.626. The molecule has 0 aromatic heterocycles. The Kier molecular flexibility index (Phi) is 2.63. The summed E-state index contributed by atoms with van der Waals surface area (Å²) in [5.41, 5.74) is 0. The molecular weight excluding hydrogens is 212 g/mol. The van der Waals surface area contributed by atoms with E-state index in [1.165, 1.54) is 0 Å². The third-order valence-electron chi connectivity index (χ3n) is 1.15. The standard InChI is InChI=1S/C7H7BrOS/c1-10(9)7-4-2-6(8)3-5-7/h2-5H,1H3/t10-/m0/s1. The molecule has 1 nitrogen and oxygen atoms in total. The maximum absolute atomic E-state index is 10.9. The molecule has 0 radical (unpaired) electrons. The molecule has 0 heterocycles. The zero-order valence-corrected chi connectivity index (χ0v) is 7.91. The Labute approximate surface area is 71.0 Å². The molecule has 10 heavy (non-hydrogen) atoms. The number of rotatable bonds is 1. The highest BCUT2D eigenvalue weighted by Gasteiger charge is 1.94. The fraction of sp³-hybridized carbons (Fsp3) is 0.143. The molecule has 0 spiro atoms. The van der Waals surface area contributed by atoms with Gasteiger partial charge in [-0.15, -0.1) is 0 Å². The van der Waals surface area contributed by atoms with E-state index in [0.717, 1.165) is 9.37 Å². The highest BCUT2D eigenvalue weighted by molar-refractivity contribution is 9.10. The summed E-state index contributed by atoms with van der Waals surface area (Å²) in [7, 11) is -0.858. The zero-order valence-electron chi connectivity index (χ0n) is 5.50. The number of hydrogen-bond acceptors (Lipinski definition) is 1. The summed E-state index contributed by atoms with van der Waals surface area (Å²) in [6, 6.07) is 7.47. The quantitative estimate of drug-likeness (QED) is 0.707. The molecule has 1 rings (SSSR count). The topological polar surface area (TPSA) is 17.1 Å². The minimum atomic E-state index is -0.858. The first kappa shape index (κ1) is 7.95. The van der Waals surface area contributed by atoms with Crippen LogP contribution in [0.1, 0.15) is 0 Å². The molecule has 0 aliphatic heterocycles. The Morgan fingerprint density at radius 1 is 1.30 bits per heavy atom. The molecule has 1 aromatic rings. The van der Waals surface area contributed by atoms with Crippen molar-refractivity contribution in [2.45, 2.75) is 4.90 Å². The van der Waals surface area contributed by atoms with Gasteiger partial charge in [-0.05, 0) is 24.3 Å². The molecule has 0 saturated carbocycles. The summed E-state index contributed by atoms with van der Waals surface area (Å²) in [5, 5.41) is 0. The van der Waals surface area contributed by atoms with Gasteiger partial charge in [-0.3, -0.25) is 4.21 Å². The molecule has 0 aliphatic rings. The van der Waals surface area contributed by atoms with Crippen LogP contribution in [-0.4, -0.2) is 10.5 Å². The lowest BCUT2D eigenvalue weighted by Crippen LogP contribution is -1.84. The van der Waals surface area contributed by atoms with Crippen LogP contribution in [0.2, 0.25) is 0 Å². The third kappa shape index (κ3) is 1.92. The van der Waals surface area contributed by atoms with Crippen LogP contribution in [0.4, 0.5) is 0 Å². The molecule has 54 valence electrons. The van der Waals surface area contributed by atoms with Crippen LogP contribution in [0.15, 0.2) is 33.6 Å². The van der Waals surface area contributed by atoms with Crippen molar-refractivity contribution in [2.24, 2.45) is 0 Å². The van der Waals surface area contributed by atoms with Gasteiger partial charge in [0.25, 0.3) is 0 Å². The molecule has 0 aliphatic carbocycles. The lowest BCUT2D eigenvalue weighted by Gasteiger charge is -1.93. The van der Waals surface area contributed by atoms with Crippen molar-refractivity contribution in [3.05, 3.63) is 28.7 Å². The predicted molar refractivity (Wildman–Crippen MR) is 46.5 cm³/mol. The summed E-state index contributed by atoms with van der Waals surface area (Å²) >= 11 is 3.30. The molecule has 1 aromatic carbocycles. The van der Waals surface area contributed by atoms with Crippen LogP contribution in [0.3, 0.4) is 0 Å². The van der Waals surface area contributed by atoms with Crippen molar-refractivity contribution in [3.63, 3.8) is 0 Å². The average Bonchev–Trinajstić information content (AvgIpc) is 1.88. The summed E-state index contributed by atoms with van der Waals surface area (Å²) in [5.74, 6) is 0. The predicted octanol–water partition coefficient (Wildman–Crippen LogP) is 2.19. The molecule has 3 heteroatoms. The SMILES string of the molecule is C[S@](=O)c1ccc(Br)cc1. The molecular formula is C7H7BrOS. The second-order valence-electron chi connectivity index (χ2n) is 1.91. The maximum Gasteiger partial charge on any atom is 0.0498 e. The van der Waals surface area contributed by atoms with Crippen molar-refractivity contribution in [2.75, 3.05) is 6.26 Å². The van der Waals surface area contributed by atoms with E-state index < -0.39 is 10.8 Å². The van der Waals surface area contributed by atoms with Crippen molar-refractivity contribution in [1.82, 2.24) is 0 Å². The monoisotopic (exact) mass is 218 g/mol. The smallest absolute Gasteiger partial charge is 0.0498 e. The van der Waals surface area contributed by atoms with E-state index in [9.17, 15) is 4.21 Å². The van der Waals surface area contributed by atoms with Crippen LogP contribution in [0.5, 0.6) is 0 Å². The van der Waals surface area contributed by atoms with Gasteiger partial charge >= 0.3 is 0 Å². The Hall–Kier alpha value is -0.150. The van der Waals surface area contributed by atoms with Crippen LogP contribution >= 0.6 is 15.9 Å². The van der Waals surface area contributed by atoms with Gasteiger partial charge in [0.1, 0.15) is 0 Å². The van der Waals surface area contributed by atoms with Gasteiger partial charge in [0.2, 0.25) is 0 Å². The molecule has 0 N–H and O–H groups in total. The summed E-state index contributed by atoms with van der Waals surface area (Å²) in [4.78, 5) is 0.864. The lowest BCUT2D eigenvalue weighted by atomic mass is 10.4. The summed E-state index contributed by atoms with van der Waals surface area (Å²) in [6.45, 7) is 0. The van der Waals surface area contributed by atoms with Gasteiger partial charge in [-0.25, -0.2) is 0 Å². The van der Waals surface area contributed by atoms with Gasteiger partial charge in [-0.2, -0.15) is 0 Å². The highest BCUT2D eigenvalue weighted by atomic mass is 79.9. The van der Waals surface area contributed by atoms with Crippen LogP contribution in [0, 0.1) is 0 Å². The van der Waals surface area contributed by atoms with E-state index in [0.29, 0.717) is 0 Å². The Bertz CT molecular complexity index is 242. The maximum atomic E-state index is 10.9. The van der Waals surface area contributed by atoms with E-state index in [2.05, 4.69) is 15.9 Å². The highest BCUT2D eigenvalue weighted by Crippen LogP contribution is 2.11. The van der Waals surface area contributed by atoms with Gasteiger partial charge in [-0.1, -0.05) is 15.9 Å². The minimum absolute atomic E-state index is 0.858. The van der Waals surface area contributed by atoms with Crippen LogP contribution in [0.25, 0.3) is 0 Å². The number of hydrogen-bond donors (Lipinski definition) is 0. The van der Waals surface area contributed by atoms with E-state index in [-0.39, 0.29) is 0 Å². The summed E-state index contributed by atoms with van der Waals surface area (Å²) in [6.07, 6.45) is 1.67. The lowest BCUT2D eigenvalue weighted by molar-refractivity contribution is 0.687. The molecule has 1 atom stereocenters. The second kappa shape index (κ2) is 3.30. The first-order valence-electron chi connectivity index (χ1n) is 2.79. The van der Waals surface area contributed by atoms with Gasteiger partial charge in [0.15, 0.2) is 0 Å². The van der Waals surface area contributed by atoms with Crippen molar-refractivity contribution < 1.29 is 4.21 Å². The van der Waals surface area contributed by atoms with E-state index in [1.54, 1.807) is 6.26 Å². The van der Waals surface area contributed by atoms with E-state index in [4.69, 9.17) is 0 Å². The van der Waals surface area contributed by atoms with E-state index in [1.807, 2.05) is 24.3 Å². The van der Waals surface area contributed by atoms with Crippen molar-refractivity contribution in [3.8, 4) is 0 Å². The minimum Gasteiger partial charge on any atom is -0.255 e. The van der Waals surface area contributed by atoms with Crippen LogP contribution in [-0.2, 0) is 10.8 Å². The molecule has 0 bridgehead atoms. The molecule has 0 unspecified atom stereocenters.